The van der Waals surface area contributed by atoms with E-state index in [0.29, 0.717) is 17.2 Å². The minimum Gasteiger partial charge on any atom is -0.598 e. The second-order valence-corrected chi connectivity index (χ2v) is 11.9. The van der Waals surface area contributed by atoms with E-state index in [-0.39, 0.29) is 11.5 Å². The summed E-state index contributed by atoms with van der Waals surface area (Å²) in [6, 6.07) is 2.19. The zero-order valence-corrected chi connectivity index (χ0v) is 20.9. The summed E-state index contributed by atoms with van der Waals surface area (Å²) in [5.41, 5.74) is -1.08. The molecule has 0 bridgehead atoms. The van der Waals surface area contributed by atoms with Gasteiger partial charge in [0, 0.05) is 22.5 Å². The molecule has 1 aliphatic carbocycles. The lowest BCUT2D eigenvalue weighted by molar-refractivity contribution is -0.140. The number of carboxylic acid groups (broad SMARTS) is 1. The summed E-state index contributed by atoms with van der Waals surface area (Å²) in [6.07, 6.45) is -4.32. The smallest absolute Gasteiger partial charge is 0.419 e. The van der Waals surface area contributed by atoms with Crippen molar-refractivity contribution in [1.82, 2.24) is 4.72 Å². The van der Waals surface area contributed by atoms with E-state index in [9.17, 15) is 27.6 Å². The van der Waals surface area contributed by atoms with Gasteiger partial charge in [0.05, 0.1) is 18.0 Å². The van der Waals surface area contributed by atoms with Crippen LogP contribution in [0.15, 0.2) is 18.2 Å². The van der Waals surface area contributed by atoms with Crippen LogP contribution in [0.1, 0.15) is 79.8 Å². The zero-order valence-electron chi connectivity index (χ0n) is 20.1. The Hall–Kier alpha value is -2.17. The third kappa shape index (κ3) is 5.81. The summed E-state index contributed by atoms with van der Waals surface area (Å²) in [4.78, 5) is 11.5. The molecule has 192 valence electrons. The molecule has 2 aromatic carbocycles. The number of alkyl halides is 3. The quantitative estimate of drug-likeness (QED) is 0.316. The first-order valence-electron chi connectivity index (χ1n) is 11.1. The fourth-order valence-corrected chi connectivity index (χ4v) is 4.96. The number of aryl methyl sites for hydroxylation is 1. The summed E-state index contributed by atoms with van der Waals surface area (Å²) in [5, 5.41) is 9.34. The largest absolute Gasteiger partial charge is 0.598 e. The first-order valence-corrected chi connectivity index (χ1v) is 12.3. The number of hydrogen-bond acceptors (Lipinski definition) is 3. The van der Waals surface area contributed by atoms with Crippen molar-refractivity contribution in [2.45, 2.75) is 76.8 Å². The van der Waals surface area contributed by atoms with Crippen LogP contribution in [0, 0.1) is 25.5 Å². The number of hydrogen-bond donors (Lipinski definition) is 2. The van der Waals surface area contributed by atoms with Crippen LogP contribution >= 0.6 is 0 Å². The van der Waals surface area contributed by atoms with Gasteiger partial charge < -0.3 is 9.66 Å². The van der Waals surface area contributed by atoms with Gasteiger partial charge in [-0.15, -0.1) is 4.72 Å². The van der Waals surface area contributed by atoms with Crippen molar-refractivity contribution in [3.63, 3.8) is 0 Å². The molecule has 0 saturated heterocycles. The Bertz CT molecular complexity index is 1140. The van der Waals surface area contributed by atoms with Crippen molar-refractivity contribution in [1.29, 1.82) is 0 Å². The van der Waals surface area contributed by atoms with Crippen LogP contribution < -0.4 is 4.72 Å². The number of carboxylic acids is 1. The lowest BCUT2D eigenvalue weighted by atomic mass is 9.87. The standard InChI is InChI=1S/C25H28F5NO3S/c1-12-6-9-15(14-7-8-14)13(2)20(12)16-10-17(25(28,29)30)23(27)21(22(16)26)18(11-19(32)33)31-35(34)24(3,4)5/h6,9-10,14,18,31H,7-8,11H2,1-5H3,(H,32,33)/t18?,35-/m1/s1. The fraction of sp³-hybridized carbons (Fsp3) is 0.480. The van der Waals surface area contributed by atoms with E-state index < -0.39 is 69.0 Å². The first kappa shape index (κ1) is 27.4. The maximum atomic E-state index is 16.0. The van der Waals surface area contributed by atoms with Crippen LogP contribution in [-0.2, 0) is 22.3 Å². The van der Waals surface area contributed by atoms with E-state index >= 15 is 8.78 Å². The molecule has 35 heavy (non-hydrogen) atoms. The van der Waals surface area contributed by atoms with E-state index in [2.05, 4.69) is 4.72 Å². The summed E-state index contributed by atoms with van der Waals surface area (Å²) < 4.78 is 87.0. The fourth-order valence-electron chi connectivity index (χ4n) is 4.15. The normalized spacial score (nSPS) is 16.3. The van der Waals surface area contributed by atoms with Gasteiger partial charge >= 0.3 is 12.1 Å². The van der Waals surface area contributed by atoms with Crippen LogP contribution in [-0.4, -0.2) is 20.4 Å². The van der Waals surface area contributed by atoms with Gasteiger partial charge in [0.2, 0.25) is 0 Å². The Morgan fingerprint density at radius 3 is 2.26 bits per heavy atom. The van der Waals surface area contributed by atoms with Crippen LogP contribution in [0.3, 0.4) is 0 Å². The van der Waals surface area contributed by atoms with Crippen molar-refractivity contribution in [2.75, 3.05) is 0 Å². The van der Waals surface area contributed by atoms with E-state index in [4.69, 9.17) is 0 Å². The molecule has 0 amide bonds. The number of benzene rings is 2. The molecule has 2 aromatic rings. The molecule has 2 N–H and O–H groups in total. The van der Waals surface area contributed by atoms with Crippen LogP contribution in [0.25, 0.3) is 11.1 Å². The van der Waals surface area contributed by atoms with Crippen LogP contribution in [0.4, 0.5) is 22.0 Å². The molecule has 0 aliphatic heterocycles. The third-order valence-corrected chi connectivity index (χ3v) is 7.69. The molecule has 0 radical (unpaired) electrons. The minimum absolute atomic E-state index is 0.213. The van der Waals surface area contributed by atoms with Crippen molar-refractivity contribution < 1.29 is 36.4 Å². The summed E-state index contributed by atoms with van der Waals surface area (Å²) in [6.45, 7) is 7.92. The van der Waals surface area contributed by atoms with E-state index in [0.717, 1.165) is 18.4 Å². The number of rotatable bonds is 7. The maximum Gasteiger partial charge on any atom is 0.419 e. The van der Waals surface area contributed by atoms with Gasteiger partial charge in [0.15, 0.2) is 0 Å². The number of halogens is 5. The third-order valence-electron chi connectivity index (χ3n) is 6.07. The highest BCUT2D eigenvalue weighted by Crippen LogP contribution is 2.46. The van der Waals surface area contributed by atoms with E-state index in [1.54, 1.807) is 19.9 Å². The number of carbonyl (C=O) groups is 1. The second kappa shape index (κ2) is 9.71. The SMILES string of the molecule is Cc1ccc(C2CC2)c(C)c1-c1cc(C(F)(F)F)c(F)c(C(CC(=O)O)N[S@+]([O-])C(C)(C)C)c1F. The van der Waals surface area contributed by atoms with E-state index in [1.807, 2.05) is 6.07 Å². The molecule has 3 rings (SSSR count). The molecule has 0 aromatic heterocycles. The first-order chi connectivity index (χ1) is 16.0. The Morgan fingerprint density at radius 2 is 1.77 bits per heavy atom. The number of nitrogens with one attached hydrogen (secondary N) is 1. The van der Waals surface area contributed by atoms with Gasteiger partial charge in [-0.05, 0) is 81.7 Å². The van der Waals surface area contributed by atoms with Crippen LogP contribution in [0.5, 0.6) is 0 Å². The molecule has 1 saturated carbocycles. The Labute approximate surface area is 204 Å². The maximum absolute atomic E-state index is 16.0. The zero-order chi connectivity index (χ0) is 26.5. The number of aliphatic carboxylic acids is 1. The molecule has 1 aliphatic rings. The Morgan fingerprint density at radius 1 is 1.17 bits per heavy atom. The lowest BCUT2D eigenvalue weighted by Gasteiger charge is -2.29. The predicted octanol–water partition coefficient (Wildman–Crippen LogP) is 6.71. The van der Waals surface area contributed by atoms with Gasteiger partial charge in [0.25, 0.3) is 0 Å². The van der Waals surface area contributed by atoms with Gasteiger partial charge in [-0.2, -0.15) is 13.2 Å². The highest BCUT2D eigenvalue weighted by molar-refractivity contribution is 7.90. The van der Waals surface area contributed by atoms with Gasteiger partial charge in [-0.25, -0.2) is 8.78 Å². The summed E-state index contributed by atoms with van der Waals surface area (Å²) in [7, 11) is 0. The minimum atomic E-state index is -5.17. The molecule has 1 unspecified atom stereocenters. The monoisotopic (exact) mass is 517 g/mol. The average Bonchev–Trinajstić information content (AvgIpc) is 3.52. The second-order valence-electron chi connectivity index (χ2n) is 9.91. The predicted molar refractivity (Wildman–Crippen MR) is 124 cm³/mol. The van der Waals surface area contributed by atoms with Crippen molar-refractivity contribution in [3.05, 3.63) is 57.7 Å². The van der Waals surface area contributed by atoms with Crippen LogP contribution in [0.2, 0.25) is 0 Å². The van der Waals surface area contributed by atoms with Crippen molar-refractivity contribution in [2.24, 2.45) is 0 Å². The van der Waals surface area contributed by atoms with Crippen molar-refractivity contribution >= 4 is 17.3 Å². The summed E-state index contributed by atoms with van der Waals surface area (Å²) in [5.74, 6) is -4.51. The average molecular weight is 518 g/mol. The van der Waals surface area contributed by atoms with Gasteiger partial charge in [0.1, 0.15) is 16.4 Å². The topological polar surface area (TPSA) is 72.4 Å². The molecule has 10 heteroatoms. The molecular weight excluding hydrogens is 489 g/mol. The molecule has 1 fully saturated rings. The Balaban J connectivity index is 2.33. The summed E-state index contributed by atoms with van der Waals surface area (Å²) >= 11 is -2.02. The Kier molecular flexibility index (Phi) is 7.60. The molecule has 0 spiro atoms. The highest BCUT2D eigenvalue weighted by Gasteiger charge is 2.41. The highest BCUT2D eigenvalue weighted by atomic mass is 32.2. The molecular formula is C25H28F5NO3S. The lowest BCUT2D eigenvalue weighted by Crippen LogP contribution is -2.42. The molecule has 0 heterocycles. The van der Waals surface area contributed by atoms with Gasteiger partial charge in [-0.3, -0.25) is 4.79 Å². The molecule has 4 nitrogen and oxygen atoms in total. The molecule has 2 atom stereocenters. The van der Waals surface area contributed by atoms with Crippen molar-refractivity contribution in [3.8, 4) is 11.1 Å². The van der Waals surface area contributed by atoms with E-state index in [1.165, 1.54) is 20.8 Å². The van der Waals surface area contributed by atoms with Gasteiger partial charge in [-0.1, -0.05) is 12.1 Å².